The molecule has 0 aliphatic carbocycles. The highest BCUT2D eigenvalue weighted by molar-refractivity contribution is 5.92. The van der Waals surface area contributed by atoms with Crippen LogP contribution in [0.4, 0.5) is 11.5 Å². The average Bonchev–Trinajstić information content (AvgIpc) is 2.69. The number of nitrogens with one attached hydrogen (secondary N) is 1. The molecule has 0 radical (unpaired) electrons. The van der Waals surface area contributed by atoms with Crippen LogP contribution in [0.25, 0.3) is 0 Å². The molecule has 25 heavy (non-hydrogen) atoms. The van der Waals surface area contributed by atoms with Crippen LogP contribution in [0.5, 0.6) is 0 Å². The molecule has 1 amide bonds. The average molecular weight is 333 g/mol. The summed E-state index contributed by atoms with van der Waals surface area (Å²) in [6.45, 7) is 3.23. The smallest absolute Gasteiger partial charge is 0.271 e. The number of hydrogen-bond donors (Lipinski definition) is 1. The lowest BCUT2D eigenvalue weighted by molar-refractivity contribution is 0.0945. The zero-order valence-corrected chi connectivity index (χ0v) is 14.0. The van der Waals surface area contributed by atoms with Crippen molar-refractivity contribution >= 4 is 17.4 Å². The van der Waals surface area contributed by atoms with E-state index in [0.717, 1.165) is 17.8 Å². The number of hydrogen-bond acceptors (Lipinski definition) is 5. The van der Waals surface area contributed by atoms with E-state index < -0.39 is 0 Å². The largest absolute Gasteiger partial charge is 0.347 e. The van der Waals surface area contributed by atoms with Crippen LogP contribution in [0.1, 0.15) is 23.0 Å². The first-order valence-corrected chi connectivity index (χ1v) is 8.09. The maximum absolute atomic E-state index is 12.2. The number of pyridine rings is 1. The van der Waals surface area contributed by atoms with Crippen molar-refractivity contribution in [1.82, 2.24) is 20.3 Å². The molecule has 126 valence electrons. The highest BCUT2D eigenvalue weighted by Crippen LogP contribution is 2.21. The van der Waals surface area contributed by atoms with E-state index in [0.29, 0.717) is 18.1 Å². The van der Waals surface area contributed by atoms with Crippen LogP contribution in [0.3, 0.4) is 0 Å². The summed E-state index contributed by atoms with van der Waals surface area (Å²) in [6, 6.07) is 13.7. The van der Waals surface area contributed by atoms with Gasteiger partial charge in [-0.15, -0.1) is 0 Å². The molecule has 1 N–H and O–H groups in total. The molecule has 2 heterocycles. The van der Waals surface area contributed by atoms with Gasteiger partial charge in [0.2, 0.25) is 0 Å². The first-order valence-electron chi connectivity index (χ1n) is 8.09. The Kier molecular flexibility index (Phi) is 5.31. The molecular weight excluding hydrogens is 314 g/mol. The molecular formula is C19H19N5O. The molecule has 0 fully saturated rings. The highest BCUT2D eigenvalue weighted by atomic mass is 16.1. The Morgan fingerprint density at radius 3 is 2.44 bits per heavy atom. The number of rotatable bonds is 6. The fourth-order valence-electron chi connectivity index (χ4n) is 2.44. The van der Waals surface area contributed by atoms with Crippen LogP contribution in [-0.4, -0.2) is 27.4 Å². The molecule has 3 rings (SSSR count). The maximum Gasteiger partial charge on any atom is 0.271 e. The van der Waals surface area contributed by atoms with Gasteiger partial charge in [0.1, 0.15) is 5.69 Å². The van der Waals surface area contributed by atoms with E-state index in [-0.39, 0.29) is 5.91 Å². The number of carbonyl (C=O) groups excluding carboxylic acids is 1. The standard InChI is InChI=1S/C19H19N5O/c1-2-24(16-6-4-3-5-7-16)18-14-21-17(13-22-18)19(25)23-12-15-8-10-20-11-9-15/h3-11,13-14H,2,12H2,1H3,(H,23,25). The van der Waals surface area contributed by atoms with Crippen LogP contribution in [0, 0.1) is 0 Å². The number of nitrogens with zero attached hydrogens (tertiary/aromatic N) is 4. The predicted octanol–water partition coefficient (Wildman–Crippen LogP) is 2.96. The number of aromatic nitrogens is 3. The summed E-state index contributed by atoms with van der Waals surface area (Å²) in [7, 11) is 0. The van der Waals surface area contributed by atoms with E-state index in [1.54, 1.807) is 18.6 Å². The van der Waals surface area contributed by atoms with E-state index in [9.17, 15) is 4.79 Å². The fraction of sp³-hybridized carbons (Fsp3) is 0.158. The number of benzene rings is 1. The molecule has 0 unspecified atom stereocenters. The summed E-state index contributed by atoms with van der Waals surface area (Å²) in [4.78, 5) is 26.8. The second-order valence-electron chi connectivity index (χ2n) is 5.38. The Labute approximate surface area is 146 Å². The van der Waals surface area contributed by atoms with Gasteiger partial charge in [-0.3, -0.25) is 9.78 Å². The summed E-state index contributed by atoms with van der Waals surface area (Å²) in [5.74, 6) is 0.456. The molecule has 1 aromatic carbocycles. The first-order chi connectivity index (χ1) is 12.3. The van der Waals surface area contributed by atoms with Gasteiger partial charge in [-0.1, -0.05) is 18.2 Å². The molecule has 0 saturated heterocycles. The highest BCUT2D eigenvalue weighted by Gasteiger charge is 2.12. The Balaban J connectivity index is 1.68. The van der Waals surface area contributed by atoms with Gasteiger partial charge >= 0.3 is 0 Å². The number of anilines is 2. The van der Waals surface area contributed by atoms with Crippen molar-refractivity contribution in [2.75, 3.05) is 11.4 Å². The molecule has 0 bridgehead atoms. The maximum atomic E-state index is 12.2. The predicted molar refractivity (Wildman–Crippen MR) is 96.6 cm³/mol. The van der Waals surface area contributed by atoms with E-state index in [4.69, 9.17) is 0 Å². The molecule has 0 aliphatic rings. The SMILES string of the molecule is CCN(c1ccccc1)c1cnc(C(=O)NCc2ccncc2)cn1. The molecule has 0 atom stereocenters. The van der Waals surface area contributed by atoms with E-state index in [1.165, 1.54) is 6.20 Å². The minimum absolute atomic E-state index is 0.251. The summed E-state index contributed by atoms with van der Waals surface area (Å²) >= 11 is 0. The van der Waals surface area contributed by atoms with Crippen LogP contribution >= 0.6 is 0 Å². The lowest BCUT2D eigenvalue weighted by Crippen LogP contribution is -2.24. The van der Waals surface area contributed by atoms with Gasteiger partial charge in [-0.05, 0) is 36.8 Å². The van der Waals surface area contributed by atoms with Gasteiger partial charge in [-0.25, -0.2) is 9.97 Å². The van der Waals surface area contributed by atoms with Crippen molar-refractivity contribution in [2.45, 2.75) is 13.5 Å². The number of amides is 1. The number of para-hydroxylation sites is 1. The van der Waals surface area contributed by atoms with Crippen LogP contribution < -0.4 is 10.2 Å². The summed E-state index contributed by atoms with van der Waals surface area (Å²) < 4.78 is 0. The minimum atomic E-state index is -0.251. The fourth-order valence-corrected chi connectivity index (χ4v) is 2.44. The molecule has 0 spiro atoms. The zero-order chi connectivity index (χ0) is 17.5. The summed E-state index contributed by atoms with van der Waals surface area (Å²) in [5, 5.41) is 2.83. The van der Waals surface area contributed by atoms with Crippen molar-refractivity contribution in [3.05, 3.63) is 78.5 Å². The Bertz CT molecular complexity index is 806. The van der Waals surface area contributed by atoms with Gasteiger partial charge < -0.3 is 10.2 Å². The Morgan fingerprint density at radius 1 is 1.04 bits per heavy atom. The normalized spacial score (nSPS) is 10.3. The summed E-state index contributed by atoms with van der Waals surface area (Å²) in [6.07, 6.45) is 6.51. The monoisotopic (exact) mass is 333 g/mol. The van der Waals surface area contributed by atoms with E-state index in [2.05, 4.69) is 20.3 Å². The number of carbonyl (C=O) groups is 1. The van der Waals surface area contributed by atoms with Crippen molar-refractivity contribution in [3.63, 3.8) is 0 Å². The molecule has 6 nitrogen and oxygen atoms in total. The quantitative estimate of drug-likeness (QED) is 0.751. The lowest BCUT2D eigenvalue weighted by atomic mass is 10.2. The molecule has 3 aromatic rings. The van der Waals surface area contributed by atoms with E-state index >= 15 is 0 Å². The van der Waals surface area contributed by atoms with Crippen molar-refractivity contribution in [2.24, 2.45) is 0 Å². The van der Waals surface area contributed by atoms with Gasteiger partial charge in [0.25, 0.3) is 5.91 Å². The van der Waals surface area contributed by atoms with Gasteiger partial charge in [0.05, 0.1) is 12.4 Å². The molecule has 6 heteroatoms. The Hall–Kier alpha value is -3.28. The Morgan fingerprint density at radius 2 is 1.80 bits per heavy atom. The topological polar surface area (TPSA) is 71.0 Å². The third-order valence-electron chi connectivity index (χ3n) is 3.73. The third kappa shape index (κ3) is 4.17. The molecule has 2 aromatic heterocycles. The molecule has 0 saturated carbocycles. The lowest BCUT2D eigenvalue weighted by Gasteiger charge is -2.21. The van der Waals surface area contributed by atoms with Gasteiger partial charge in [-0.2, -0.15) is 0 Å². The second kappa shape index (κ2) is 8.01. The third-order valence-corrected chi connectivity index (χ3v) is 3.73. The van der Waals surface area contributed by atoms with Gasteiger partial charge in [0.15, 0.2) is 5.82 Å². The van der Waals surface area contributed by atoms with E-state index in [1.807, 2.05) is 54.3 Å². The van der Waals surface area contributed by atoms with Crippen molar-refractivity contribution in [3.8, 4) is 0 Å². The second-order valence-corrected chi connectivity index (χ2v) is 5.38. The van der Waals surface area contributed by atoms with Crippen LogP contribution in [0.15, 0.2) is 67.3 Å². The van der Waals surface area contributed by atoms with Crippen LogP contribution in [-0.2, 0) is 6.54 Å². The molecule has 0 aliphatic heterocycles. The van der Waals surface area contributed by atoms with Crippen molar-refractivity contribution < 1.29 is 4.79 Å². The minimum Gasteiger partial charge on any atom is -0.347 e. The van der Waals surface area contributed by atoms with Crippen LogP contribution in [0.2, 0.25) is 0 Å². The van der Waals surface area contributed by atoms with Gasteiger partial charge in [0, 0.05) is 31.2 Å². The van der Waals surface area contributed by atoms with Crippen molar-refractivity contribution in [1.29, 1.82) is 0 Å². The summed E-state index contributed by atoms with van der Waals surface area (Å²) in [5.41, 5.74) is 2.31. The zero-order valence-electron chi connectivity index (χ0n) is 14.0. The first kappa shape index (κ1) is 16.6.